The number of methoxy groups -OCH3 is 1. The molecule has 2 aliphatic heterocycles. The molecule has 6 nitrogen and oxygen atoms in total. The average Bonchev–Trinajstić information content (AvgIpc) is 3.32. The van der Waals surface area contributed by atoms with Gasteiger partial charge in [0, 0.05) is 55.3 Å². The summed E-state index contributed by atoms with van der Waals surface area (Å²) in [6.07, 6.45) is 3.49. The van der Waals surface area contributed by atoms with E-state index in [0.29, 0.717) is 25.1 Å². The van der Waals surface area contributed by atoms with E-state index in [-0.39, 0.29) is 17.7 Å². The van der Waals surface area contributed by atoms with Crippen molar-refractivity contribution in [2.24, 2.45) is 0 Å². The lowest BCUT2D eigenvalue weighted by atomic mass is 9.93. The molecular formula is C29H31N3O3. The lowest BCUT2D eigenvalue weighted by Gasteiger charge is -2.33. The Morgan fingerprint density at radius 1 is 1.03 bits per heavy atom. The lowest BCUT2D eigenvalue weighted by molar-refractivity contribution is -0.128. The number of para-hydroxylation sites is 1. The van der Waals surface area contributed by atoms with Crippen LogP contribution in [-0.4, -0.2) is 53.3 Å². The number of hydrogen-bond donors (Lipinski definition) is 0. The van der Waals surface area contributed by atoms with Crippen molar-refractivity contribution < 1.29 is 14.3 Å². The molecule has 3 aromatic rings. The largest absolute Gasteiger partial charge is 0.496 e. The molecule has 1 aromatic heterocycles. The van der Waals surface area contributed by atoms with E-state index in [2.05, 4.69) is 6.07 Å². The van der Waals surface area contributed by atoms with Crippen LogP contribution in [0.4, 0.5) is 0 Å². The fourth-order valence-corrected chi connectivity index (χ4v) is 5.16. The number of carbonyl (C=O) groups is 2. The number of carbonyl (C=O) groups excluding carboxylic acids is 2. The molecule has 2 saturated heterocycles. The number of hydrogen-bond acceptors (Lipinski definition) is 4. The van der Waals surface area contributed by atoms with E-state index in [1.54, 1.807) is 7.11 Å². The number of amides is 2. The molecule has 0 bridgehead atoms. The number of nitrogens with zero attached hydrogens (tertiary/aromatic N) is 3. The van der Waals surface area contributed by atoms with E-state index in [9.17, 15) is 9.59 Å². The van der Waals surface area contributed by atoms with Gasteiger partial charge in [0.1, 0.15) is 5.75 Å². The third kappa shape index (κ3) is 5.06. The summed E-state index contributed by atoms with van der Waals surface area (Å²) in [4.78, 5) is 34.2. The first-order chi connectivity index (χ1) is 17.1. The Morgan fingerprint density at radius 3 is 2.71 bits per heavy atom. The average molecular weight is 470 g/mol. The molecule has 6 heteroatoms. The Kier molecular flexibility index (Phi) is 6.80. The third-order valence-corrected chi connectivity index (χ3v) is 7.00. The topological polar surface area (TPSA) is 62.7 Å². The van der Waals surface area contributed by atoms with E-state index in [1.807, 2.05) is 70.5 Å². The van der Waals surface area contributed by atoms with Crippen LogP contribution < -0.4 is 4.74 Å². The van der Waals surface area contributed by atoms with Crippen LogP contribution in [0.15, 0.2) is 66.7 Å². The minimum atomic E-state index is 0.0465. The molecule has 2 aliphatic rings. The molecule has 1 unspecified atom stereocenters. The van der Waals surface area contributed by atoms with Crippen LogP contribution in [0, 0.1) is 0 Å². The minimum Gasteiger partial charge on any atom is -0.496 e. The van der Waals surface area contributed by atoms with Gasteiger partial charge in [0.05, 0.1) is 12.8 Å². The molecule has 3 heterocycles. The highest BCUT2D eigenvalue weighted by molar-refractivity contribution is 5.94. The van der Waals surface area contributed by atoms with Crippen LogP contribution in [0.5, 0.6) is 5.75 Å². The van der Waals surface area contributed by atoms with Gasteiger partial charge in [-0.05, 0) is 61.2 Å². The molecule has 1 atom stereocenters. The van der Waals surface area contributed by atoms with Gasteiger partial charge in [0.25, 0.3) is 5.91 Å². The second-order valence-electron chi connectivity index (χ2n) is 9.36. The first-order valence-corrected chi connectivity index (χ1v) is 12.4. The fourth-order valence-electron chi connectivity index (χ4n) is 5.16. The van der Waals surface area contributed by atoms with Crippen molar-refractivity contribution >= 4 is 11.8 Å². The van der Waals surface area contributed by atoms with Crippen LogP contribution in [0.2, 0.25) is 0 Å². The second kappa shape index (κ2) is 10.3. The number of likely N-dealkylation sites (tertiary alicyclic amines) is 2. The Bertz CT molecular complexity index is 1230. The molecule has 35 heavy (non-hydrogen) atoms. The normalized spacial score (nSPS) is 18.1. The van der Waals surface area contributed by atoms with Gasteiger partial charge < -0.3 is 14.5 Å². The molecule has 0 spiro atoms. The quantitative estimate of drug-likeness (QED) is 0.515. The van der Waals surface area contributed by atoms with Crippen molar-refractivity contribution in [3.63, 3.8) is 0 Å². The van der Waals surface area contributed by atoms with Gasteiger partial charge in [0.2, 0.25) is 5.91 Å². The molecule has 2 aromatic carbocycles. The van der Waals surface area contributed by atoms with Crippen LogP contribution in [0.25, 0.3) is 11.3 Å². The smallest absolute Gasteiger partial charge is 0.253 e. The number of rotatable bonds is 6. The van der Waals surface area contributed by atoms with Gasteiger partial charge in [-0.25, -0.2) is 0 Å². The summed E-state index contributed by atoms with van der Waals surface area (Å²) in [7, 11) is 1.67. The first kappa shape index (κ1) is 23.1. The van der Waals surface area contributed by atoms with E-state index in [4.69, 9.17) is 9.72 Å². The highest BCUT2D eigenvalue weighted by atomic mass is 16.5. The van der Waals surface area contributed by atoms with Gasteiger partial charge in [-0.15, -0.1) is 0 Å². The highest BCUT2D eigenvalue weighted by Crippen LogP contribution is 2.32. The van der Waals surface area contributed by atoms with E-state index >= 15 is 0 Å². The van der Waals surface area contributed by atoms with Crippen LogP contribution >= 0.6 is 0 Å². The van der Waals surface area contributed by atoms with Crippen molar-refractivity contribution in [3.8, 4) is 17.0 Å². The molecular weight excluding hydrogens is 438 g/mol. The number of benzene rings is 2. The summed E-state index contributed by atoms with van der Waals surface area (Å²) < 4.78 is 5.53. The summed E-state index contributed by atoms with van der Waals surface area (Å²) >= 11 is 0. The highest BCUT2D eigenvalue weighted by Gasteiger charge is 2.27. The van der Waals surface area contributed by atoms with Crippen LogP contribution in [0.1, 0.15) is 53.2 Å². The summed E-state index contributed by atoms with van der Waals surface area (Å²) in [5.74, 6) is 1.23. The predicted molar refractivity (Wildman–Crippen MR) is 135 cm³/mol. The lowest BCUT2D eigenvalue weighted by Crippen LogP contribution is -2.39. The standard InChI is InChI=1S/C29H31N3O3/c1-35-27-14-3-2-11-24(27)26-13-5-12-25(30-26)23-10-6-17-32(20-23)29(34)22-9-4-8-21(18-22)19-31-16-7-15-28(31)33/h2-5,8-9,11-14,18,23H,6-7,10,15-17,19-20H2,1H3. The van der Waals surface area contributed by atoms with E-state index < -0.39 is 0 Å². The van der Waals surface area contributed by atoms with E-state index in [0.717, 1.165) is 60.6 Å². The van der Waals surface area contributed by atoms with Gasteiger partial charge in [-0.1, -0.05) is 30.3 Å². The summed E-state index contributed by atoms with van der Waals surface area (Å²) in [5.41, 5.74) is 4.55. The molecule has 0 radical (unpaired) electrons. The zero-order valence-electron chi connectivity index (χ0n) is 20.2. The fraction of sp³-hybridized carbons (Fsp3) is 0.345. The molecule has 2 fully saturated rings. The molecule has 2 amide bonds. The Balaban J connectivity index is 1.31. The van der Waals surface area contributed by atoms with Crippen molar-refractivity contribution in [2.75, 3.05) is 26.7 Å². The van der Waals surface area contributed by atoms with Crippen molar-refractivity contribution in [1.29, 1.82) is 0 Å². The third-order valence-electron chi connectivity index (χ3n) is 7.00. The maximum atomic E-state index is 13.4. The number of ether oxygens (including phenoxy) is 1. The zero-order valence-corrected chi connectivity index (χ0v) is 20.2. The van der Waals surface area contributed by atoms with Gasteiger partial charge in [0.15, 0.2) is 0 Å². The molecule has 0 aliphatic carbocycles. The van der Waals surface area contributed by atoms with Gasteiger partial charge in [-0.3, -0.25) is 14.6 Å². The van der Waals surface area contributed by atoms with Crippen LogP contribution in [0.3, 0.4) is 0 Å². The summed E-state index contributed by atoms with van der Waals surface area (Å²) in [5, 5.41) is 0. The van der Waals surface area contributed by atoms with E-state index in [1.165, 1.54) is 0 Å². The maximum Gasteiger partial charge on any atom is 0.253 e. The van der Waals surface area contributed by atoms with Crippen molar-refractivity contribution in [3.05, 3.63) is 83.6 Å². The van der Waals surface area contributed by atoms with Gasteiger partial charge >= 0.3 is 0 Å². The molecule has 5 rings (SSSR count). The summed E-state index contributed by atoms with van der Waals surface area (Å²) in [6, 6.07) is 21.7. The predicted octanol–water partition coefficient (Wildman–Crippen LogP) is 4.90. The number of piperidine rings is 1. The number of pyridine rings is 1. The Labute approximate surface area is 206 Å². The van der Waals surface area contributed by atoms with Gasteiger partial charge in [-0.2, -0.15) is 0 Å². The Hall–Kier alpha value is -3.67. The second-order valence-corrected chi connectivity index (χ2v) is 9.36. The SMILES string of the molecule is COc1ccccc1-c1cccc(C2CCCN(C(=O)c3cccc(CN4CCCC4=O)c3)C2)n1. The monoisotopic (exact) mass is 469 g/mol. The van der Waals surface area contributed by atoms with Crippen molar-refractivity contribution in [1.82, 2.24) is 14.8 Å². The van der Waals surface area contributed by atoms with Crippen LogP contribution in [-0.2, 0) is 11.3 Å². The first-order valence-electron chi connectivity index (χ1n) is 12.4. The molecule has 180 valence electrons. The Morgan fingerprint density at radius 2 is 1.89 bits per heavy atom. The van der Waals surface area contributed by atoms with Crippen molar-refractivity contribution in [2.45, 2.75) is 38.1 Å². The zero-order chi connectivity index (χ0) is 24.2. The molecule has 0 saturated carbocycles. The minimum absolute atomic E-state index is 0.0465. The maximum absolute atomic E-state index is 13.4. The number of aromatic nitrogens is 1. The summed E-state index contributed by atoms with van der Waals surface area (Å²) in [6.45, 7) is 2.76. The molecule has 0 N–H and O–H groups in total.